The maximum atomic E-state index is 13.7. The van der Waals surface area contributed by atoms with Crippen LogP contribution in [0.2, 0.25) is 10.0 Å². The van der Waals surface area contributed by atoms with E-state index >= 15 is 0 Å². The van der Waals surface area contributed by atoms with Gasteiger partial charge in [-0.3, -0.25) is 38.3 Å². The molecule has 324 valence electrons. The Bertz CT molecular complexity index is 2670. The van der Waals surface area contributed by atoms with Crippen LogP contribution in [-0.2, 0) is 14.3 Å². The minimum Gasteiger partial charge on any atom is -0.481 e. The molecule has 6 heterocycles. The number of ether oxygens (including phenoxy) is 1. The number of benzene rings is 2. The van der Waals surface area contributed by atoms with Crippen molar-refractivity contribution in [2.75, 3.05) is 26.3 Å². The molecule has 2 aliphatic rings. The second kappa shape index (κ2) is 17.9. The van der Waals surface area contributed by atoms with Gasteiger partial charge in [0.1, 0.15) is 33.7 Å². The van der Waals surface area contributed by atoms with Crippen LogP contribution in [0.15, 0.2) is 58.5 Å². The molecule has 8 rings (SSSR count). The first-order chi connectivity index (χ1) is 30.2. The van der Waals surface area contributed by atoms with Crippen LogP contribution in [-0.4, -0.2) is 101 Å². The summed E-state index contributed by atoms with van der Waals surface area (Å²) in [4.78, 5) is 61.9. The van der Waals surface area contributed by atoms with E-state index in [1.54, 1.807) is 71.5 Å². The topological polar surface area (TPSA) is 228 Å². The third-order valence-electron chi connectivity index (χ3n) is 10.4. The molecule has 0 fully saturated rings. The molecule has 63 heavy (non-hydrogen) atoms. The summed E-state index contributed by atoms with van der Waals surface area (Å²) in [6.07, 6.45) is -0.612. The van der Waals surface area contributed by atoms with Crippen LogP contribution in [0.25, 0.3) is 10.0 Å². The lowest BCUT2D eigenvalue weighted by atomic mass is 9.99. The number of thiophene rings is 2. The van der Waals surface area contributed by atoms with Crippen LogP contribution in [0.5, 0.6) is 0 Å². The number of hydrogen-bond acceptors (Lipinski definition) is 13. The van der Waals surface area contributed by atoms with Gasteiger partial charge in [-0.2, -0.15) is 0 Å². The molecular weight excluding hydrogens is 892 g/mol. The quantitative estimate of drug-likeness (QED) is 0.0872. The summed E-state index contributed by atoms with van der Waals surface area (Å²) in [7, 11) is 0. The highest BCUT2D eigenvalue weighted by molar-refractivity contribution is 7.17. The average Bonchev–Trinajstić information content (AvgIpc) is 3.96. The van der Waals surface area contributed by atoms with Gasteiger partial charge in [0, 0.05) is 45.4 Å². The number of aromatic nitrogens is 6. The fraction of sp³-hybridized carbons (Fsp3) is 0.286. The number of aliphatic imine (C=N–C) groups is 2. The van der Waals surface area contributed by atoms with Gasteiger partial charge in [0.2, 0.25) is 0 Å². The van der Waals surface area contributed by atoms with Gasteiger partial charge in [-0.25, -0.2) is 0 Å². The van der Waals surface area contributed by atoms with Gasteiger partial charge >= 0.3 is 11.9 Å². The number of hydrogen-bond donors (Lipinski definition) is 4. The van der Waals surface area contributed by atoms with Crippen molar-refractivity contribution in [3.05, 3.63) is 125 Å². The maximum absolute atomic E-state index is 13.7. The summed E-state index contributed by atoms with van der Waals surface area (Å²) in [6, 6.07) is 12.5. The SMILES string of the molecule is Cc1c(C(=O)NCCOCCNC(=O)c2sc3c(c2C)C(c2ccc(Cl)cc2)=N[C@@H](CC(=O)O)c2nnc(C)n2-3)sc2c1C(c1ccc(Cl)cc1)=N[C@@H](CC(=O)O)c1nnc(C)n1-2. The van der Waals surface area contributed by atoms with Gasteiger partial charge in [-0.15, -0.1) is 43.1 Å². The van der Waals surface area contributed by atoms with Crippen molar-refractivity contribution < 1.29 is 34.1 Å². The Balaban J connectivity index is 0.940. The van der Waals surface area contributed by atoms with Crippen molar-refractivity contribution in [3.63, 3.8) is 0 Å². The Morgan fingerprint density at radius 3 is 1.38 bits per heavy atom. The second-order valence-corrected chi connectivity index (χ2v) is 17.5. The summed E-state index contributed by atoms with van der Waals surface area (Å²) in [5.74, 6) is -0.974. The lowest BCUT2D eigenvalue weighted by Gasteiger charge is -2.11. The minimum atomic E-state index is -1.04. The van der Waals surface area contributed by atoms with Gasteiger partial charge in [0.15, 0.2) is 11.6 Å². The number of amides is 2. The van der Waals surface area contributed by atoms with E-state index in [-0.39, 0.29) is 51.0 Å². The smallest absolute Gasteiger partial charge is 0.306 e. The first-order valence-corrected chi connectivity index (χ1v) is 22.0. The third-order valence-corrected chi connectivity index (χ3v) is 13.5. The number of aliphatic carboxylic acids is 2. The van der Waals surface area contributed by atoms with Crippen molar-refractivity contribution in [1.29, 1.82) is 0 Å². The number of fused-ring (bicyclic) bond motifs is 6. The Kier molecular flexibility index (Phi) is 12.4. The first-order valence-electron chi connectivity index (χ1n) is 19.6. The van der Waals surface area contributed by atoms with Crippen LogP contribution in [0.1, 0.15) is 101 Å². The highest BCUT2D eigenvalue weighted by Crippen LogP contribution is 2.42. The monoisotopic (exact) mass is 928 g/mol. The molecule has 2 aromatic carbocycles. The summed E-state index contributed by atoms with van der Waals surface area (Å²) >= 11 is 14.9. The third kappa shape index (κ3) is 8.53. The predicted molar refractivity (Wildman–Crippen MR) is 237 cm³/mol. The summed E-state index contributed by atoms with van der Waals surface area (Å²) in [6.45, 7) is 7.86. The van der Waals surface area contributed by atoms with E-state index in [2.05, 4.69) is 31.0 Å². The molecule has 0 spiro atoms. The van der Waals surface area contributed by atoms with E-state index in [0.29, 0.717) is 97.9 Å². The van der Waals surface area contributed by atoms with Crippen molar-refractivity contribution in [2.24, 2.45) is 9.98 Å². The minimum absolute atomic E-state index is 0.162. The lowest BCUT2D eigenvalue weighted by Crippen LogP contribution is -2.30. The number of carbonyl (C=O) groups excluding carboxylic acids is 2. The van der Waals surface area contributed by atoms with E-state index in [4.69, 9.17) is 37.9 Å². The number of nitrogens with zero attached hydrogens (tertiary/aromatic N) is 8. The number of halogens is 2. The molecule has 0 saturated carbocycles. The summed E-state index contributed by atoms with van der Waals surface area (Å²) in [5.41, 5.74) is 5.08. The van der Waals surface area contributed by atoms with E-state index in [0.717, 1.165) is 0 Å². The number of nitrogens with one attached hydrogen (secondary N) is 2. The highest BCUT2D eigenvalue weighted by atomic mass is 35.5. The average molecular weight is 930 g/mol. The molecular formula is C42H38Cl2N10O7S2. The molecule has 2 atom stereocenters. The molecule has 4 N–H and O–H groups in total. The van der Waals surface area contributed by atoms with Gasteiger partial charge in [-0.05, 0) is 63.1 Å². The van der Waals surface area contributed by atoms with Gasteiger partial charge < -0.3 is 25.6 Å². The van der Waals surface area contributed by atoms with E-state index in [9.17, 15) is 29.4 Å². The van der Waals surface area contributed by atoms with E-state index < -0.39 is 24.0 Å². The fourth-order valence-corrected chi connectivity index (χ4v) is 10.4. The zero-order valence-corrected chi connectivity index (χ0v) is 37.2. The highest BCUT2D eigenvalue weighted by Gasteiger charge is 2.36. The summed E-state index contributed by atoms with van der Waals surface area (Å²) in [5, 5.41) is 44.8. The molecule has 0 unspecified atom stereocenters. The van der Waals surface area contributed by atoms with Crippen LogP contribution in [0, 0.1) is 27.7 Å². The largest absolute Gasteiger partial charge is 0.481 e. The van der Waals surface area contributed by atoms with Crippen molar-refractivity contribution in [2.45, 2.75) is 52.6 Å². The lowest BCUT2D eigenvalue weighted by molar-refractivity contribution is -0.138. The van der Waals surface area contributed by atoms with Crippen LogP contribution < -0.4 is 10.6 Å². The maximum Gasteiger partial charge on any atom is 0.306 e. The van der Waals surface area contributed by atoms with Crippen molar-refractivity contribution in [1.82, 2.24) is 40.2 Å². The molecule has 4 aromatic heterocycles. The number of carboxylic acid groups (broad SMARTS) is 2. The molecule has 17 nitrogen and oxygen atoms in total. The molecule has 2 amide bonds. The molecule has 0 bridgehead atoms. The fourth-order valence-electron chi connectivity index (χ4n) is 7.54. The Morgan fingerprint density at radius 2 is 1.02 bits per heavy atom. The molecule has 0 saturated heterocycles. The zero-order valence-electron chi connectivity index (χ0n) is 34.1. The van der Waals surface area contributed by atoms with Gasteiger partial charge in [0.05, 0.1) is 47.2 Å². The van der Waals surface area contributed by atoms with E-state index in [1.165, 1.54) is 22.7 Å². The number of carboxylic acids is 2. The molecule has 2 aliphatic heterocycles. The van der Waals surface area contributed by atoms with Crippen LogP contribution in [0.3, 0.4) is 0 Å². The molecule has 6 aromatic rings. The number of rotatable bonds is 14. The van der Waals surface area contributed by atoms with Crippen molar-refractivity contribution >= 4 is 81.1 Å². The Labute approximate surface area is 377 Å². The van der Waals surface area contributed by atoms with Gasteiger partial charge in [-0.1, -0.05) is 47.5 Å². The molecule has 0 aliphatic carbocycles. The predicted octanol–water partition coefficient (Wildman–Crippen LogP) is 6.42. The number of carbonyl (C=O) groups is 4. The van der Waals surface area contributed by atoms with Crippen LogP contribution >= 0.6 is 45.9 Å². The Hall–Kier alpha value is -6.12. The van der Waals surface area contributed by atoms with E-state index in [1.807, 2.05) is 13.8 Å². The second-order valence-electron chi connectivity index (χ2n) is 14.7. The number of aryl methyl sites for hydroxylation is 2. The molecule has 21 heteroatoms. The zero-order chi connectivity index (χ0) is 44.7. The standard InChI is InChI=1S/C42H38Cl2N10O7S2/c1-19-31-33(23-5-9-25(43)10-6-23)47-27(17-29(55)56)37-51-49-21(3)53(37)41(31)62-35(19)39(59)45-13-15-61-16-14-46-40(60)36-20(2)32-34(24-7-11-26(44)12-8-24)48-28(18-30(57)58)38-52-50-22(4)54(38)42(32)63-36/h5-12,27-28H,13-18H2,1-4H3,(H,45,59)(H,46,60)(H,55,56)(H,57,58)/t27-,28-/m0/s1. The van der Waals surface area contributed by atoms with Gasteiger partial charge in [0.25, 0.3) is 11.8 Å². The molecule has 0 radical (unpaired) electrons. The van der Waals surface area contributed by atoms with Crippen LogP contribution in [0.4, 0.5) is 0 Å². The summed E-state index contributed by atoms with van der Waals surface area (Å²) < 4.78 is 9.34. The normalized spacial score (nSPS) is 15.2. The Morgan fingerprint density at radius 1 is 0.635 bits per heavy atom. The van der Waals surface area contributed by atoms with Crippen molar-refractivity contribution in [3.8, 4) is 10.0 Å². The first kappa shape index (κ1) is 43.5.